The predicted octanol–water partition coefficient (Wildman–Crippen LogP) is 2.68. The number of para-hydroxylation sites is 1. The van der Waals surface area contributed by atoms with E-state index in [0.717, 1.165) is 43.0 Å². The SMILES string of the molecule is COc1ccc(CN2CCN(c3ccccc3/C=C/C(=O)NO)CC2)cc1F. The van der Waals surface area contributed by atoms with E-state index in [1.54, 1.807) is 17.6 Å². The van der Waals surface area contributed by atoms with Crippen LogP contribution in [0.15, 0.2) is 48.5 Å². The highest BCUT2D eigenvalue weighted by molar-refractivity contribution is 5.91. The summed E-state index contributed by atoms with van der Waals surface area (Å²) in [7, 11) is 1.46. The average Bonchev–Trinajstić information content (AvgIpc) is 2.73. The molecule has 0 atom stereocenters. The number of nitrogens with zero attached hydrogens (tertiary/aromatic N) is 2. The normalized spacial score (nSPS) is 15.0. The molecule has 1 aliphatic heterocycles. The van der Waals surface area contributed by atoms with Gasteiger partial charge >= 0.3 is 0 Å². The number of ether oxygens (including phenoxy) is 1. The molecule has 0 saturated carbocycles. The summed E-state index contributed by atoms with van der Waals surface area (Å²) in [5, 5.41) is 8.63. The van der Waals surface area contributed by atoms with E-state index in [1.807, 2.05) is 30.3 Å². The van der Waals surface area contributed by atoms with Crippen LogP contribution in [0.5, 0.6) is 5.75 Å². The van der Waals surface area contributed by atoms with Gasteiger partial charge in [-0.2, -0.15) is 0 Å². The summed E-state index contributed by atoms with van der Waals surface area (Å²) in [5.41, 5.74) is 4.47. The van der Waals surface area contributed by atoms with E-state index in [9.17, 15) is 9.18 Å². The fourth-order valence-corrected chi connectivity index (χ4v) is 3.33. The van der Waals surface area contributed by atoms with Crippen LogP contribution in [-0.2, 0) is 11.3 Å². The van der Waals surface area contributed by atoms with Gasteiger partial charge in [-0.25, -0.2) is 9.87 Å². The second kappa shape index (κ2) is 9.34. The Bertz CT molecular complexity index is 849. The lowest BCUT2D eigenvalue weighted by atomic mass is 10.1. The predicted molar refractivity (Wildman–Crippen MR) is 106 cm³/mol. The molecule has 1 amide bonds. The first kappa shape index (κ1) is 19.9. The van der Waals surface area contributed by atoms with Gasteiger partial charge in [0.25, 0.3) is 5.91 Å². The number of hydrogen-bond donors (Lipinski definition) is 2. The van der Waals surface area contributed by atoms with Crippen molar-refractivity contribution < 1.29 is 19.1 Å². The van der Waals surface area contributed by atoms with Gasteiger partial charge in [0.05, 0.1) is 7.11 Å². The first-order valence-electron chi connectivity index (χ1n) is 9.11. The Balaban J connectivity index is 1.62. The van der Waals surface area contributed by atoms with Crippen LogP contribution in [0.4, 0.5) is 10.1 Å². The number of anilines is 1. The van der Waals surface area contributed by atoms with E-state index in [2.05, 4.69) is 9.80 Å². The Hall–Kier alpha value is -2.90. The van der Waals surface area contributed by atoms with Gasteiger partial charge in [-0.1, -0.05) is 24.3 Å². The van der Waals surface area contributed by atoms with E-state index < -0.39 is 5.91 Å². The third-order valence-corrected chi connectivity index (χ3v) is 4.80. The average molecular weight is 385 g/mol. The number of amides is 1. The molecule has 7 heteroatoms. The molecule has 2 aromatic rings. The van der Waals surface area contributed by atoms with Crippen molar-refractivity contribution in [3.8, 4) is 5.75 Å². The quantitative estimate of drug-likeness (QED) is 0.455. The molecule has 1 saturated heterocycles. The number of nitrogens with one attached hydrogen (secondary N) is 1. The Labute approximate surface area is 163 Å². The molecule has 0 unspecified atom stereocenters. The van der Waals surface area contributed by atoms with Crippen LogP contribution >= 0.6 is 0 Å². The van der Waals surface area contributed by atoms with E-state index in [1.165, 1.54) is 19.3 Å². The molecule has 0 aliphatic carbocycles. The zero-order chi connectivity index (χ0) is 19.9. The largest absolute Gasteiger partial charge is 0.494 e. The van der Waals surface area contributed by atoms with Crippen LogP contribution in [0, 0.1) is 5.82 Å². The van der Waals surface area contributed by atoms with E-state index in [4.69, 9.17) is 9.94 Å². The monoisotopic (exact) mass is 385 g/mol. The lowest BCUT2D eigenvalue weighted by Crippen LogP contribution is -2.46. The minimum absolute atomic E-state index is 0.258. The summed E-state index contributed by atoms with van der Waals surface area (Å²) in [6, 6.07) is 12.9. The minimum Gasteiger partial charge on any atom is -0.494 e. The van der Waals surface area contributed by atoms with Gasteiger partial charge < -0.3 is 9.64 Å². The Morgan fingerprint density at radius 2 is 1.96 bits per heavy atom. The maximum absolute atomic E-state index is 13.9. The molecule has 2 N–H and O–H groups in total. The second-order valence-electron chi connectivity index (χ2n) is 6.60. The summed E-state index contributed by atoms with van der Waals surface area (Å²) < 4.78 is 18.9. The first-order valence-corrected chi connectivity index (χ1v) is 9.11. The molecule has 1 aliphatic rings. The Morgan fingerprint density at radius 1 is 1.21 bits per heavy atom. The summed E-state index contributed by atoms with van der Waals surface area (Å²) in [5.74, 6) is -0.647. The topological polar surface area (TPSA) is 65.0 Å². The summed E-state index contributed by atoms with van der Waals surface area (Å²) >= 11 is 0. The third-order valence-electron chi connectivity index (χ3n) is 4.80. The highest BCUT2D eigenvalue weighted by Gasteiger charge is 2.19. The zero-order valence-electron chi connectivity index (χ0n) is 15.8. The van der Waals surface area contributed by atoms with Gasteiger partial charge in [-0.05, 0) is 35.4 Å². The van der Waals surface area contributed by atoms with Gasteiger partial charge in [-0.15, -0.1) is 0 Å². The number of carbonyl (C=O) groups excluding carboxylic acids is 1. The summed E-state index contributed by atoms with van der Waals surface area (Å²) in [6.07, 6.45) is 2.99. The number of hydrogen-bond acceptors (Lipinski definition) is 5. The van der Waals surface area contributed by atoms with Crippen molar-refractivity contribution in [3.05, 3.63) is 65.5 Å². The summed E-state index contributed by atoms with van der Waals surface area (Å²) in [4.78, 5) is 15.8. The third kappa shape index (κ3) is 4.88. The molecular formula is C21H24FN3O3. The van der Waals surface area contributed by atoms with Crippen LogP contribution in [0.1, 0.15) is 11.1 Å². The summed E-state index contributed by atoms with van der Waals surface area (Å²) in [6.45, 7) is 4.05. The molecule has 28 heavy (non-hydrogen) atoms. The maximum Gasteiger partial charge on any atom is 0.267 e. The maximum atomic E-state index is 13.9. The van der Waals surface area contributed by atoms with Crippen LogP contribution in [-0.4, -0.2) is 49.3 Å². The van der Waals surface area contributed by atoms with Gasteiger partial charge in [0.2, 0.25) is 0 Å². The van der Waals surface area contributed by atoms with Crippen molar-refractivity contribution in [1.82, 2.24) is 10.4 Å². The van der Waals surface area contributed by atoms with Crippen molar-refractivity contribution >= 4 is 17.7 Å². The van der Waals surface area contributed by atoms with Crippen molar-refractivity contribution in [3.63, 3.8) is 0 Å². The number of benzene rings is 2. The molecule has 0 spiro atoms. The van der Waals surface area contributed by atoms with Crippen molar-refractivity contribution in [2.45, 2.75) is 6.54 Å². The van der Waals surface area contributed by atoms with E-state index in [-0.39, 0.29) is 11.6 Å². The van der Waals surface area contributed by atoms with Crippen molar-refractivity contribution in [1.29, 1.82) is 0 Å². The lowest BCUT2D eigenvalue weighted by molar-refractivity contribution is -0.124. The number of methoxy groups -OCH3 is 1. The second-order valence-corrected chi connectivity index (χ2v) is 6.60. The fourth-order valence-electron chi connectivity index (χ4n) is 3.33. The molecule has 1 heterocycles. The van der Waals surface area contributed by atoms with Crippen molar-refractivity contribution in [2.24, 2.45) is 0 Å². The Morgan fingerprint density at radius 3 is 2.64 bits per heavy atom. The molecule has 2 aromatic carbocycles. The Kier molecular flexibility index (Phi) is 6.62. The molecule has 0 bridgehead atoms. The highest BCUT2D eigenvalue weighted by atomic mass is 19.1. The van der Waals surface area contributed by atoms with E-state index >= 15 is 0 Å². The molecule has 0 aromatic heterocycles. The molecule has 148 valence electrons. The smallest absolute Gasteiger partial charge is 0.267 e. The number of hydroxylamine groups is 1. The molecule has 0 radical (unpaired) electrons. The van der Waals surface area contributed by atoms with Crippen molar-refractivity contribution in [2.75, 3.05) is 38.2 Å². The van der Waals surface area contributed by atoms with Gasteiger partial charge in [-0.3, -0.25) is 14.9 Å². The van der Waals surface area contributed by atoms with Gasteiger partial charge in [0.1, 0.15) is 0 Å². The molecule has 1 fully saturated rings. The van der Waals surface area contributed by atoms with Crippen LogP contribution < -0.4 is 15.1 Å². The van der Waals surface area contributed by atoms with Gasteiger partial charge in [0.15, 0.2) is 11.6 Å². The molecule has 3 rings (SSSR count). The van der Waals surface area contributed by atoms with Crippen LogP contribution in [0.25, 0.3) is 6.08 Å². The zero-order valence-corrected chi connectivity index (χ0v) is 15.8. The van der Waals surface area contributed by atoms with Gasteiger partial charge in [0, 0.05) is 44.5 Å². The number of halogens is 1. The number of carbonyl (C=O) groups is 1. The fraction of sp³-hybridized carbons (Fsp3) is 0.286. The highest BCUT2D eigenvalue weighted by Crippen LogP contribution is 2.24. The minimum atomic E-state index is -0.564. The number of rotatable bonds is 6. The molecular weight excluding hydrogens is 361 g/mol. The van der Waals surface area contributed by atoms with Crippen LogP contribution in [0.3, 0.4) is 0 Å². The first-order chi connectivity index (χ1) is 13.6. The van der Waals surface area contributed by atoms with Crippen LogP contribution in [0.2, 0.25) is 0 Å². The standard InChI is InChI=1S/C21H24FN3O3/c1-28-20-8-6-16(14-18(20)22)15-24-10-12-25(13-11-24)19-5-3-2-4-17(19)7-9-21(26)23-27/h2-9,14,27H,10-13,15H2,1H3,(H,23,26)/b9-7+. The molecule has 6 nitrogen and oxygen atoms in total. The number of piperazine rings is 1. The van der Waals surface area contributed by atoms with E-state index in [0.29, 0.717) is 6.54 Å². The lowest BCUT2D eigenvalue weighted by Gasteiger charge is -2.36.